The number of benzene rings is 8. The smallest absolute Gasteiger partial charge is 0.157 e. The van der Waals surface area contributed by atoms with Crippen molar-refractivity contribution in [1.29, 1.82) is 0 Å². The molecule has 0 spiro atoms. The first-order chi connectivity index (χ1) is 26.2. The van der Waals surface area contributed by atoms with Crippen molar-refractivity contribution in [1.82, 2.24) is 0 Å². The van der Waals surface area contributed by atoms with Crippen molar-refractivity contribution >= 4 is 44.4 Å². The zero-order valence-corrected chi connectivity index (χ0v) is 29.0. The zero-order chi connectivity index (χ0) is 35.6. The maximum atomic E-state index is 6.72. The van der Waals surface area contributed by atoms with Crippen LogP contribution in [-0.4, -0.2) is 11.7 Å². The van der Waals surface area contributed by atoms with Crippen LogP contribution >= 0.6 is 0 Å². The molecular formula is C49H35N3O. The molecule has 9 aromatic rings. The maximum absolute atomic E-state index is 6.72. The third-order valence-corrected chi connectivity index (χ3v) is 9.79. The van der Waals surface area contributed by atoms with Crippen molar-refractivity contribution in [2.45, 2.75) is 6.54 Å². The normalized spacial score (nSPS) is 12.2. The summed E-state index contributed by atoms with van der Waals surface area (Å²) in [6, 6.07) is 64.9. The monoisotopic (exact) mass is 681 g/mol. The van der Waals surface area contributed by atoms with Gasteiger partial charge < -0.3 is 10.2 Å². The number of amidine groups is 2. The molecule has 4 nitrogen and oxygen atoms in total. The molecule has 0 bridgehead atoms. The predicted octanol–water partition coefficient (Wildman–Crippen LogP) is 12.1. The summed E-state index contributed by atoms with van der Waals surface area (Å²) >= 11 is 0. The second-order valence-corrected chi connectivity index (χ2v) is 13.2. The Morgan fingerprint density at radius 3 is 1.91 bits per heavy atom. The van der Waals surface area contributed by atoms with Crippen molar-refractivity contribution in [3.8, 4) is 33.4 Å². The third-order valence-electron chi connectivity index (χ3n) is 9.79. The second-order valence-electron chi connectivity index (χ2n) is 13.2. The van der Waals surface area contributed by atoms with Crippen LogP contribution in [0, 0.1) is 0 Å². The average Bonchev–Trinajstić information content (AvgIpc) is 3.61. The largest absolute Gasteiger partial charge is 0.456 e. The van der Waals surface area contributed by atoms with E-state index >= 15 is 0 Å². The molecule has 0 aliphatic carbocycles. The van der Waals surface area contributed by atoms with Crippen LogP contribution in [0.5, 0.6) is 0 Å². The highest BCUT2D eigenvalue weighted by atomic mass is 16.3. The molecule has 53 heavy (non-hydrogen) atoms. The first kappa shape index (κ1) is 31.9. The van der Waals surface area contributed by atoms with E-state index in [0.717, 1.165) is 72.0 Å². The number of nitrogens with two attached hydrogens (primary N) is 1. The highest BCUT2D eigenvalue weighted by molar-refractivity contribution is 6.12. The third kappa shape index (κ3) is 6.39. The molecule has 0 radical (unpaired) electrons. The number of hydrogen-bond acceptors (Lipinski definition) is 2. The predicted molar refractivity (Wildman–Crippen MR) is 221 cm³/mol. The fourth-order valence-corrected chi connectivity index (χ4v) is 7.15. The van der Waals surface area contributed by atoms with Gasteiger partial charge in [-0.05, 0) is 80.0 Å². The standard InChI is InChI=1S/C49H35N3O/c50-48(36-19-8-3-9-20-36)52-49(39-26-27-42(34-15-4-1-5-16-34)44(30-39)35-17-6-2-7-18-35)51-32-41-29-40(38-25-24-33-14-10-11-21-37(33)28-38)31-46-47(41)43-22-12-13-23-45(43)53-46/h1-31H,32H2,(H2,50,51,52). The van der Waals surface area contributed by atoms with Gasteiger partial charge in [-0.1, -0.05) is 158 Å². The number of rotatable bonds is 7. The van der Waals surface area contributed by atoms with Crippen LogP contribution in [0.4, 0.5) is 0 Å². The van der Waals surface area contributed by atoms with E-state index in [1.807, 2.05) is 54.6 Å². The SMILES string of the molecule is NC(=NC(=NCc1cc(-c2ccc3ccccc3c2)cc2oc3ccccc3c12)c1ccc(-c2ccccc2)c(-c2ccccc2)c1)c1ccccc1. The van der Waals surface area contributed by atoms with E-state index in [4.69, 9.17) is 20.1 Å². The summed E-state index contributed by atoms with van der Waals surface area (Å²) in [6.07, 6.45) is 0. The van der Waals surface area contributed by atoms with E-state index in [0.29, 0.717) is 18.2 Å². The molecular weight excluding hydrogens is 647 g/mol. The summed E-state index contributed by atoms with van der Waals surface area (Å²) in [6.45, 7) is 0.365. The van der Waals surface area contributed by atoms with Gasteiger partial charge in [0.05, 0.1) is 6.54 Å². The molecule has 1 aromatic heterocycles. The number of para-hydroxylation sites is 1. The van der Waals surface area contributed by atoms with Crippen LogP contribution < -0.4 is 5.73 Å². The first-order valence-electron chi connectivity index (χ1n) is 17.8. The van der Waals surface area contributed by atoms with Crippen LogP contribution in [-0.2, 0) is 6.54 Å². The fourth-order valence-electron chi connectivity index (χ4n) is 7.15. The molecule has 8 aromatic carbocycles. The molecule has 0 atom stereocenters. The Morgan fingerprint density at radius 1 is 0.472 bits per heavy atom. The Hall–Kier alpha value is -7.04. The van der Waals surface area contributed by atoms with Gasteiger partial charge in [-0.25, -0.2) is 4.99 Å². The van der Waals surface area contributed by atoms with E-state index in [1.165, 1.54) is 10.8 Å². The van der Waals surface area contributed by atoms with Crippen molar-refractivity contribution in [2.75, 3.05) is 0 Å². The minimum absolute atomic E-state index is 0.365. The Morgan fingerprint density at radius 2 is 1.13 bits per heavy atom. The molecule has 2 N–H and O–H groups in total. The van der Waals surface area contributed by atoms with E-state index in [1.54, 1.807) is 0 Å². The highest BCUT2D eigenvalue weighted by Gasteiger charge is 2.16. The topological polar surface area (TPSA) is 63.9 Å². The first-order valence-corrected chi connectivity index (χ1v) is 17.8. The van der Waals surface area contributed by atoms with Crippen molar-refractivity contribution < 1.29 is 4.42 Å². The van der Waals surface area contributed by atoms with E-state index in [2.05, 4.69) is 133 Å². The summed E-state index contributed by atoms with van der Waals surface area (Å²) in [5, 5.41) is 4.51. The quantitative estimate of drug-likeness (QED) is 0.134. The van der Waals surface area contributed by atoms with Gasteiger partial charge in [0.1, 0.15) is 17.0 Å². The average molecular weight is 682 g/mol. The van der Waals surface area contributed by atoms with Crippen LogP contribution in [0.2, 0.25) is 0 Å². The van der Waals surface area contributed by atoms with Gasteiger partial charge >= 0.3 is 0 Å². The van der Waals surface area contributed by atoms with Crippen LogP contribution in [0.25, 0.3) is 66.1 Å². The number of hydrogen-bond donors (Lipinski definition) is 1. The van der Waals surface area contributed by atoms with Crippen LogP contribution in [0.15, 0.2) is 202 Å². The lowest BCUT2D eigenvalue weighted by Crippen LogP contribution is -2.16. The Balaban J connectivity index is 1.22. The Bertz CT molecular complexity index is 2800. The lowest BCUT2D eigenvalue weighted by molar-refractivity contribution is 0.669. The molecule has 0 unspecified atom stereocenters. The minimum Gasteiger partial charge on any atom is -0.456 e. The van der Waals surface area contributed by atoms with Gasteiger partial charge in [-0.3, -0.25) is 4.99 Å². The van der Waals surface area contributed by atoms with Gasteiger partial charge in [0.15, 0.2) is 5.84 Å². The molecule has 252 valence electrons. The fraction of sp³-hybridized carbons (Fsp3) is 0.0204. The lowest BCUT2D eigenvalue weighted by atomic mass is 9.92. The van der Waals surface area contributed by atoms with E-state index in [-0.39, 0.29) is 0 Å². The molecule has 0 aliphatic heterocycles. The number of nitrogens with zero attached hydrogens (tertiary/aromatic N) is 2. The van der Waals surface area contributed by atoms with Gasteiger partial charge in [0.2, 0.25) is 0 Å². The van der Waals surface area contributed by atoms with Crippen molar-refractivity contribution in [3.63, 3.8) is 0 Å². The number of fused-ring (bicyclic) bond motifs is 4. The van der Waals surface area contributed by atoms with Gasteiger partial charge in [0, 0.05) is 21.9 Å². The van der Waals surface area contributed by atoms with Crippen LogP contribution in [0.1, 0.15) is 16.7 Å². The zero-order valence-electron chi connectivity index (χ0n) is 29.0. The molecule has 1 heterocycles. The molecule has 0 aliphatic rings. The summed E-state index contributed by atoms with van der Waals surface area (Å²) < 4.78 is 6.48. The highest BCUT2D eigenvalue weighted by Crippen LogP contribution is 2.37. The molecule has 4 heteroatoms. The Labute approximate surface area is 308 Å². The van der Waals surface area contributed by atoms with Gasteiger partial charge in [-0.15, -0.1) is 0 Å². The summed E-state index contributed by atoms with van der Waals surface area (Å²) in [5.74, 6) is 0.960. The van der Waals surface area contributed by atoms with Gasteiger partial charge in [0.25, 0.3) is 0 Å². The van der Waals surface area contributed by atoms with Crippen molar-refractivity contribution in [3.05, 3.63) is 205 Å². The van der Waals surface area contributed by atoms with Gasteiger partial charge in [-0.2, -0.15) is 0 Å². The van der Waals surface area contributed by atoms with Crippen LogP contribution in [0.3, 0.4) is 0 Å². The molecule has 0 amide bonds. The summed E-state index contributed by atoms with van der Waals surface area (Å²) in [5.41, 5.74) is 17.8. The molecule has 0 saturated heterocycles. The van der Waals surface area contributed by atoms with E-state index in [9.17, 15) is 0 Å². The molecule has 0 saturated carbocycles. The van der Waals surface area contributed by atoms with Crippen molar-refractivity contribution in [2.24, 2.45) is 15.7 Å². The minimum atomic E-state index is 0.365. The molecule has 0 fully saturated rings. The Kier molecular flexibility index (Phi) is 8.39. The lowest BCUT2D eigenvalue weighted by Gasteiger charge is -2.14. The summed E-state index contributed by atoms with van der Waals surface area (Å²) in [4.78, 5) is 10.3. The maximum Gasteiger partial charge on any atom is 0.157 e. The molecule has 9 rings (SSSR count). The number of aliphatic imine (C=N–C) groups is 2. The number of furan rings is 1. The summed E-state index contributed by atoms with van der Waals surface area (Å²) in [7, 11) is 0. The second kappa shape index (κ2) is 13.9. The van der Waals surface area contributed by atoms with E-state index < -0.39 is 0 Å².